The van der Waals surface area contributed by atoms with Crippen molar-refractivity contribution in [2.45, 2.75) is 32.9 Å². The first kappa shape index (κ1) is 15.5. The zero-order valence-corrected chi connectivity index (χ0v) is 13.0. The lowest BCUT2D eigenvalue weighted by molar-refractivity contribution is 0.153. The van der Waals surface area contributed by atoms with Crippen molar-refractivity contribution in [2.75, 3.05) is 24.7 Å². The van der Waals surface area contributed by atoms with Crippen molar-refractivity contribution in [1.82, 2.24) is 4.90 Å². The first-order chi connectivity index (χ1) is 9.43. The van der Waals surface area contributed by atoms with E-state index in [9.17, 15) is 13.5 Å². The molecule has 1 aliphatic rings. The second-order valence-corrected chi connectivity index (χ2v) is 7.84. The second-order valence-electron chi connectivity index (χ2n) is 5.61. The van der Waals surface area contributed by atoms with Crippen LogP contribution < -0.4 is 0 Å². The lowest BCUT2D eigenvalue weighted by Crippen LogP contribution is -2.38. The van der Waals surface area contributed by atoms with Gasteiger partial charge in [0.15, 0.2) is 9.84 Å². The van der Waals surface area contributed by atoms with E-state index in [1.165, 1.54) is 16.7 Å². The molecule has 1 atom stereocenters. The highest BCUT2D eigenvalue weighted by molar-refractivity contribution is 7.91. The van der Waals surface area contributed by atoms with Gasteiger partial charge in [-0.25, -0.2) is 8.42 Å². The Bertz CT molecular complexity index is 568. The predicted octanol–water partition coefficient (Wildman–Crippen LogP) is 1.28. The van der Waals surface area contributed by atoms with Crippen LogP contribution >= 0.6 is 0 Å². The van der Waals surface area contributed by atoms with Crippen LogP contribution in [0.15, 0.2) is 18.2 Å². The minimum Gasteiger partial charge on any atom is -0.395 e. The van der Waals surface area contributed by atoms with Gasteiger partial charge in [-0.15, -0.1) is 0 Å². The van der Waals surface area contributed by atoms with Gasteiger partial charge in [-0.2, -0.15) is 0 Å². The Hall–Kier alpha value is -0.910. The van der Waals surface area contributed by atoms with E-state index < -0.39 is 9.84 Å². The van der Waals surface area contributed by atoms with Crippen LogP contribution in [0.4, 0.5) is 0 Å². The molecule has 1 heterocycles. The predicted molar refractivity (Wildman–Crippen MR) is 80.5 cm³/mol. The highest BCUT2D eigenvalue weighted by atomic mass is 32.2. The smallest absolute Gasteiger partial charge is 0.151 e. The minimum atomic E-state index is -2.89. The van der Waals surface area contributed by atoms with Gasteiger partial charge >= 0.3 is 0 Å². The van der Waals surface area contributed by atoms with Crippen LogP contribution in [0.5, 0.6) is 0 Å². The molecule has 1 aromatic carbocycles. The van der Waals surface area contributed by atoms with Gasteiger partial charge in [0.25, 0.3) is 0 Å². The molecule has 1 N–H and O–H groups in total. The van der Waals surface area contributed by atoms with Crippen molar-refractivity contribution in [3.8, 4) is 0 Å². The van der Waals surface area contributed by atoms with Crippen molar-refractivity contribution >= 4 is 9.84 Å². The fourth-order valence-corrected chi connectivity index (χ4v) is 4.55. The number of nitrogens with zero attached hydrogens (tertiary/aromatic N) is 1. The molecule has 5 heteroatoms. The second kappa shape index (κ2) is 6.24. The van der Waals surface area contributed by atoms with E-state index in [-0.39, 0.29) is 24.2 Å². The molecular formula is C15H23NO3S. The standard InChI is InChI=1S/C15H23NO3S/c1-12-4-3-5-14(13(12)2)10-16(7-8-17)15-6-9-20(18,19)11-15/h3-5,15,17H,6-11H2,1-2H3. The van der Waals surface area contributed by atoms with E-state index in [4.69, 9.17) is 0 Å². The van der Waals surface area contributed by atoms with Gasteiger partial charge in [-0.1, -0.05) is 18.2 Å². The van der Waals surface area contributed by atoms with Crippen molar-refractivity contribution < 1.29 is 13.5 Å². The van der Waals surface area contributed by atoms with Crippen LogP contribution in [-0.2, 0) is 16.4 Å². The number of benzene rings is 1. The summed E-state index contributed by atoms with van der Waals surface area (Å²) in [4.78, 5) is 2.10. The Morgan fingerprint density at radius 1 is 1.35 bits per heavy atom. The molecule has 1 saturated heterocycles. The van der Waals surface area contributed by atoms with E-state index in [1.54, 1.807) is 0 Å². The molecule has 0 spiro atoms. The summed E-state index contributed by atoms with van der Waals surface area (Å²) in [5.41, 5.74) is 3.70. The lowest BCUT2D eigenvalue weighted by Gasteiger charge is -2.28. The van der Waals surface area contributed by atoms with Crippen LogP contribution in [0.1, 0.15) is 23.1 Å². The highest BCUT2D eigenvalue weighted by Gasteiger charge is 2.32. The van der Waals surface area contributed by atoms with E-state index in [1.807, 2.05) is 6.07 Å². The number of rotatable bonds is 5. The molecule has 1 unspecified atom stereocenters. The van der Waals surface area contributed by atoms with E-state index in [0.717, 1.165) is 0 Å². The summed E-state index contributed by atoms with van der Waals surface area (Å²) >= 11 is 0. The van der Waals surface area contributed by atoms with E-state index >= 15 is 0 Å². The summed E-state index contributed by atoms with van der Waals surface area (Å²) in [6.07, 6.45) is 0.674. The van der Waals surface area contributed by atoms with Gasteiger partial charge in [0.1, 0.15) is 0 Å². The number of hydrogen-bond acceptors (Lipinski definition) is 4. The number of aliphatic hydroxyl groups is 1. The normalized spacial score (nSPS) is 21.5. The maximum absolute atomic E-state index is 11.6. The van der Waals surface area contributed by atoms with Crippen molar-refractivity contribution in [3.05, 3.63) is 34.9 Å². The molecule has 0 amide bonds. The van der Waals surface area contributed by atoms with Crippen molar-refractivity contribution in [3.63, 3.8) is 0 Å². The molecule has 112 valence electrons. The summed E-state index contributed by atoms with van der Waals surface area (Å²) < 4.78 is 23.3. The van der Waals surface area contributed by atoms with Crippen LogP contribution in [0.25, 0.3) is 0 Å². The zero-order valence-electron chi connectivity index (χ0n) is 12.2. The fraction of sp³-hybridized carbons (Fsp3) is 0.600. The molecule has 1 aromatic rings. The number of sulfone groups is 1. The number of aliphatic hydroxyl groups excluding tert-OH is 1. The van der Waals surface area contributed by atoms with Crippen LogP contribution in [-0.4, -0.2) is 49.1 Å². The van der Waals surface area contributed by atoms with Crippen LogP contribution in [0, 0.1) is 13.8 Å². The number of hydrogen-bond donors (Lipinski definition) is 1. The molecule has 1 fully saturated rings. The Morgan fingerprint density at radius 2 is 2.10 bits per heavy atom. The first-order valence-electron chi connectivity index (χ1n) is 7.03. The minimum absolute atomic E-state index is 0.0343. The molecule has 0 aromatic heterocycles. The van der Waals surface area contributed by atoms with Gasteiger partial charge in [-0.3, -0.25) is 4.90 Å². The third-order valence-electron chi connectivity index (χ3n) is 4.20. The molecular weight excluding hydrogens is 274 g/mol. The molecule has 0 radical (unpaired) electrons. The summed E-state index contributed by atoms with van der Waals surface area (Å²) in [6, 6.07) is 6.22. The van der Waals surface area contributed by atoms with Crippen molar-refractivity contribution in [2.24, 2.45) is 0 Å². The Balaban J connectivity index is 2.16. The van der Waals surface area contributed by atoms with Crippen LogP contribution in [0.3, 0.4) is 0 Å². The van der Waals surface area contributed by atoms with E-state index in [2.05, 4.69) is 30.9 Å². The summed E-state index contributed by atoms with van der Waals surface area (Å²) in [7, 11) is -2.89. The highest BCUT2D eigenvalue weighted by Crippen LogP contribution is 2.21. The monoisotopic (exact) mass is 297 g/mol. The summed E-state index contributed by atoms with van der Waals surface area (Å²) in [5.74, 6) is 0.490. The van der Waals surface area contributed by atoms with Crippen molar-refractivity contribution in [1.29, 1.82) is 0 Å². The maximum atomic E-state index is 11.6. The molecule has 0 saturated carbocycles. The molecule has 2 rings (SSSR count). The molecule has 0 aliphatic carbocycles. The lowest BCUT2D eigenvalue weighted by atomic mass is 10.0. The molecule has 1 aliphatic heterocycles. The zero-order chi connectivity index (χ0) is 14.8. The summed E-state index contributed by atoms with van der Waals surface area (Å²) in [5, 5.41) is 9.24. The van der Waals surface area contributed by atoms with Gasteiger partial charge in [0.05, 0.1) is 18.1 Å². The molecule has 4 nitrogen and oxygen atoms in total. The van der Waals surface area contributed by atoms with E-state index in [0.29, 0.717) is 19.5 Å². The SMILES string of the molecule is Cc1cccc(CN(CCO)C2CCS(=O)(=O)C2)c1C. The summed E-state index contributed by atoms with van der Waals surface area (Å²) in [6.45, 7) is 5.45. The Labute approximate surface area is 121 Å². The quantitative estimate of drug-likeness (QED) is 0.889. The Kier molecular flexibility index (Phi) is 4.83. The molecule has 20 heavy (non-hydrogen) atoms. The fourth-order valence-electron chi connectivity index (χ4n) is 2.78. The van der Waals surface area contributed by atoms with Gasteiger partial charge < -0.3 is 5.11 Å². The topological polar surface area (TPSA) is 57.6 Å². The van der Waals surface area contributed by atoms with Gasteiger partial charge in [0, 0.05) is 19.1 Å². The average molecular weight is 297 g/mol. The largest absolute Gasteiger partial charge is 0.395 e. The maximum Gasteiger partial charge on any atom is 0.151 e. The van der Waals surface area contributed by atoms with Gasteiger partial charge in [0.2, 0.25) is 0 Å². The third-order valence-corrected chi connectivity index (χ3v) is 5.95. The third kappa shape index (κ3) is 3.59. The Morgan fingerprint density at radius 3 is 2.70 bits per heavy atom. The first-order valence-corrected chi connectivity index (χ1v) is 8.85. The number of aryl methyl sites for hydroxylation is 1. The molecule has 0 bridgehead atoms. The van der Waals surface area contributed by atoms with Gasteiger partial charge in [-0.05, 0) is 37.0 Å². The average Bonchev–Trinajstić information content (AvgIpc) is 2.74. The van der Waals surface area contributed by atoms with Crippen LogP contribution in [0.2, 0.25) is 0 Å².